The van der Waals surface area contributed by atoms with Crippen LogP contribution < -0.4 is 10.1 Å². The summed E-state index contributed by atoms with van der Waals surface area (Å²) in [7, 11) is 0. The zero-order chi connectivity index (χ0) is 24.7. The standard InChI is InChI=1S/C29H40N2O3/c1-6-26(29(33)30-25-14-8-7-9-15-25)31(18-24-13-11-10-12-21(24)3)28(32)19-34-27-17-20(2)16-22(4)23(27)5/h10-13,16-17,25-26H,6-9,14-15,18-19H2,1-5H3,(H,30,33). The predicted molar refractivity (Wildman–Crippen MR) is 137 cm³/mol. The molecule has 1 fully saturated rings. The number of amides is 2. The van der Waals surface area contributed by atoms with Crippen molar-refractivity contribution in [3.8, 4) is 5.75 Å². The van der Waals surface area contributed by atoms with E-state index in [9.17, 15) is 9.59 Å². The van der Waals surface area contributed by atoms with E-state index >= 15 is 0 Å². The fourth-order valence-corrected chi connectivity index (χ4v) is 4.81. The van der Waals surface area contributed by atoms with Crippen LogP contribution in [-0.2, 0) is 16.1 Å². The number of nitrogens with zero attached hydrogens (tertiary/aromatic N) is 1. The molecule has 1 aliphatic rings. The van der Waals surface area contributed by atoms with Gasteiger partial charge in [0.05, 0.1) is 0 Å². The van der Waals surface area contributed by atoms with Crippen molar-refractivity contribution in [3.05, 3.63) is 64.2 Å². The minimum absolute atomic E-state index is 0.0566. The van der Waals surface area contributed by atoms with E-state index in [1.807, 2.05) is 65.0 Å². The van der Waals surface area contributed by atoms with Gasteiger partial charge in [-0.05, 0) is 80.8 Å². The first-order chi connectivity index (χ1) is 16.3. The molecule has 2 amide bonds. The molecule has 0 bridgehead atoms. The molecule has 0 saturated heterocycles. The van der Waals surface area contributed by atoms with Crippen molar-refractivity contribution >= 4 is 11.8 Å². The van der Waals surface area contributed by atoms with Gasteiger partial charge in [-0.3, -0.25) is 9.59 Å². The molecular formula is C29H40N2O3. The lowest BCUT2D eigenvalue weighted by molar-refractivity contribution is -0.143. The second-order valence-electron chi connectivity index (χ2n) is 9.71. The highest BCUT2D eigenvalue weighted by atomic mass is 16.5. The Bertz CT molecular complexity index is 995. The summed E-state index contributed by atoms with van der Waals surface area (Å²) in [6, 6.07) is 11.8. The minimum Gasteiger partial charge on any atom is -0.483 e. The average molecular weight is 465 g/mol. The summed E-state index contributed by atoms with van der Waals surface area (Å²) >= 11 is 0. The predicted octanol–water partition coefficient (Wildman–Crippen LogP) is 5.56. The van der Waals surface area contributed by atoms with Gasteiger partial charge < -0.3 is 15.0 Å². The van der Waals surface area contributed by atoms with Crippen LogP contribution in [0, 0.1) is 27.7 Å². The molecule has 0 aromatic heterocycles. The lowest BCUT2D eigenvalue weighted by atomic mass is 9.95. The Morgan fingerprint density at radius 1 is 1.03 bits per heavy atom. The molecule has 1 N–H and O–H groups in total. The lowest BCUT2D eigenvalue weighted by Gasteiger charge is -2.33. The largest absolute Gasteiger partial charge is 0.483 e. The van der Waals surface area contributed by atoms with Crippen molar-refractivity contribution in [1.29, 1.82) is 0 Å². The molecule has 1 unspecified atom stereocenters. The van der Waals surface area contributed by atoms with Gasteiger partial charge in [-0.25, -0.2) is 0 Å². The summed E-state index contributed by atoms with van der Waals surface area (Å²) in [6.07, 6.45) is 6.12. The van der Waals surface area contributed by atoms with E-state index in [2.05, 4.69) is 11.4 Å². The van der Waals surface area contributed by atoms with E-state index in [4.69, 9.17) is 4.74 Å². The Morgan fingerprint density at radius 2 is 1.74 bits per heavy atom. The van der Waals surface area contributed by atoms with Gasteiger partial charge in [0.15, 0.2) is 6.61 Å². The molecule has 0 aliphatic heterocycles. The first-order valence-electron chi connectivity index (χ1n) is 12.6. The zero-order valence-electron chi connectivity index (χ0n) is 21.4. The van der Waals surface area contributed by atoms with Gasteiger partial charge in [0.1, 0.15) is 11.8 Å². The van der Waals surface area contributed by atoms with Gasteiger partial charge >= 0.3 is 0 Å². The number of hydrogen-bond acceptors (Lipinski definition) is 3. The third-order valence-electron chi connectivity index (χ3n) is 7.05. The summed E-state index contributed by atoms with van der Waals surface area (Å²) in [5.74, 6) is 0.493. The Labute approximate surface area is 204 Å². The third kappa shape index (κ3) is 6.62. The lowest BCUT2D eigenvalue weighted by Crippen LogP contribution is -2.52. The summed E-state index contributed by atoms with van der Waals surface area (Å²) in [5, 5.41) is 3.23. The Kier molecular flexibility index (Phi) is 9.14. The number of benzene rings is 2. The summed E-state index contributed by atoms with van der Waals surface area (Å²) in [4.78, 5) is 28.6. The molecule has 1 atom stereocenters. The Morgan fingerprint density at radius 3 is 2.41 bits per heavy atom. The number of hydrogen-bond donors (Lipinski definition) is 1. The molecule has 0 heterocycles. The van der Waals surface area contributed by atoms with Gasteiger partial charge in [-0.15, -0.1) is 0 Å². The minimum atomic E-state index is -0.530. The van der Waals surface area contributed by atoms with E-state index < -0.39 is 6.04 Å². The number of carbonyl (C=O) groups is 2. The molecule has 2 aromatic rings. The van der Waals surface area contributed by atoms with Crippen molar-refractivity contribution in [2.45, 2.75) is 91.8 Å². The number of nitrogens with one attached hydrogen (secondary N) is 1. The monoisotopic (exact) mass is 464 g/mol. The maximum atomic E-state index is 13.5. The van der Waals surface area contributed by atoms with Crippen LogP contribution in [0.1, 0.15) is 73.3 Å². The van der Waals surface area contributed by atoms with Gasteiger partial charge in [0, 0.05) is 12.6 Å². The molecule has 1 aliphatic carbocycles. The van der Waals surface area contributed by atoms with Crippen molar-refractivity contribution in [2.24, 2.45) is 0 Å². The normalized spacial score (nSPS) is 15.0. The van der Waals surface area contributed by atoms with Crippen LogP contribution in [-0.4, -0.2) is 35.4 Å². The van der Waals surface area contributed by atoms with Crippen LogP contribution in [0.3, 0.4) is 0 Å². The third-order valence-corrected chi connectivity index (χ3v) is 7.05. The molecule has 0 spiro atoms. The van der Waals surface area contributed by atoms with Crippen LogP contribution >= 0.6 is 0 Å². The zero-order valence-corrected chi connectivity index (χ0v) is 21.4. The molecule has 1 saturated carbocycles. The van der Waals surface area contributed by atoms with Crippen LogP contribution in [0.15, 0.2) is 36.4 Å². The summed E-state index contributed by atoms with van der Waals surface area (Å²) < 4.78 is 6.01. The number of carbonyl (C=O) groups excluding carboxylic acids is 2. The number of ether oxygens (including phenoxy) is 1. The highest BCUT2D eigenvalue weighted by molar-refractivity contribution is 5.88. The molecule has 34 heavy (non-hydrogen) atoms. The fraction of sp³-hybridized carbons (Fsp3) is 0.517. The van der Waals surface area contributed by atoms with Crippen LogP contribution in [0.2, 0.25) is 0 Å². The van der Waals surface area contributed by atoms with E-state index in [1.54, 1.807) is 4.90 Å². The fourth-order valence-electron chi connectivity index (χ4n) is 4.81. The van der Waals surface area contributed by atoms with E-state index in [1.165, 1.54) is 6.42 Å². The highest BCUT2D eigenvalue weighted by Crippen LogP contribution is 2.24. The van der Waals surface area contributed by atoms with Crippen LogP contribution in [0.4, 0.5) is 0 Å². The van der Waals surface area contributed by atoms with E-state index in [-0.39, 0.29) is 24.5 Å². The van der Waals surface area contributed by atoms with E-state index in [0.717, 1.165) is 59.3 Å². The first-order valence-corrected chi connectivity index (χ1v) is 12.6. The average Bonchev–Trinajstić information content (AvgIpc) is 2.82. The number of aryl methyl sites for hydroxylation is 3. The molecule has 2 aromatic carbocycles. The van der Waals surface area contributed by atoms with Crippen molar-refractivity contribution < 1.29 is 14.3 Å². The molecular weight excluding hydrogens is 424 g/mol. The Hall–Kier alpha value is -2.82. The summed E-state index contributed by atoms with van der Waals surface area (Å²) in [5.41, 5.74) is 5.42. The number of rotatable bonds is 9. The maximum Gasteiger partial charge on any atom is 0.261 e. The van der Waals surface area contributed by atoms with Gasteiger partial charge in [-0.2, -0.15) is 0 Å². The molecule has 0 radical (unpaired) electrons. The molecule has 3 rings (SSSR count). The maximum absolute atomic E-state index is 13.5. The van der Waals surface area contributed by atoms with Crippen molar-refractivity contribution in [2.75, 3.05) is 6.61 Å². The second-order valence-corrected chi connectivity index (χ2v) is 9.71. The molecule has 184 valence electrons. The van der Waals surface area contributed by atoms with Crippen molar-refractivity contribution in [3.63, 3.8) is 0 Å². The van der Waals surface area contributed by atoms with Gasteiger partial charge in [0.2, 0.25) is 5.91 Å². The first kappa shape index (κ1) is 25.8. The SMILES string of the molecule is CCC(C(=O)NC1CCCCC1)N(Cc1ccccc1C)C(=O)COc1cc(C)cc(C)c1C. The smallest absolute Gasteiger partial charge is 0.261 e. The van der Waals surface area contributed by atoms with Gasteiger partial charge in [0.25, 0.3) is 5.91 Å². The van der Waals surface area contributed by atoms with Crippen LogP contribution in [0.25, 0.3) is 0 Å². The van der Waals surface area contributed by atoms with E-state index in [0.29, 0.717) is 13.0 Å². The van der Waals surface area contributed by atoms with Crippen molar-refractivity contribution in [1.82, 2.24) is 10.2 Å². The molecule has 5 heteroatoms. The topological polar surface area (TPSA) is 58.6 Å². The van der Waals surface area contributed by atoms with Crippen LogP contribution in [0.5, 0.6) is 5.75 Å². The Balaban J connectivity index is 1.80. The van der Waals surface area contributed by atoms with Gasteiger partial charge in [-0.1, -0.05) is 56.5 Å². The highest BCUT2D eigenvalue weighted by Gasteiger charge is 2.31. The second kappa shape index (κ2) is 12.0. The quantitative estimate of drug-likeness (QED) is 0.529. The molecule has 5 nitrogen and oxygen atoms in total. The summed E-state index contributed by atoms with van der Waals surface area (Å²) in [6.45, 7) is 10.4.